The molecular weight excluding hydrogens is 258 g/mol. The summed E-state index contributed by atoms with van der Waals surface area (Å²) in [5.41, 5.74) is 0.824. The smallest absolute Gasteiger partial charge is 0.243 e. The van der Waals surface area contributed by atoms with Gasteiger partial charge in [-0.2, -0.15) is 4.98 Å². The minimum absolute atomic E-state index is 0.650. The molecule has 0 bridgehead atoms. The van der Waals surface area contributed by atoms with Crippen LogP contribution in [-0.4, -0.2) is 34.7 Å². The molecular formula is C9H12BrN5. The van der Waals surface area contributed by atoms with Crippen molar-refractivity contribution >= 4 is 27.5 Å². The number of halogens is 1. The molecule has 0 fully saturated rings. The summed E-state index contributed by atoms with van der Waals surface area (Å²) in [5.74, 6) is 0.650. The first kappa shape index (κ1) is 10.4. The lowest BCUT2D eigenvalue weighted by Crippen LogP contribution is -2.18. The summed E-state index contributed by atoms with van der Waals surface area (Å²) >= 11 is 3.43. The van der Waals surface area contributed by atoms with Crippen molar-refractivity contribution in [2.75, 3.05) is 25.5 Å². The van der Waals surface area contributed by atoms with Crippen molar-refractivity contribution in [3.05, 3.63) is 22.8 Å². The van der Waals surface area contributed by atoms with Gasteiger partial charge in [-0.05, 0) is 35.1 Å². The van der Waals surface area contributed by atoms with Crippen molar-refractivity contribution < 1.29 is 0 Å². The van der Waals surface area contributed by atoms with Gasteiger partial charge in [0, 0.05) is 19.3 Å². The Morgan fingerprint density at radius 2 is 2.33 bits per heavy atom. The third-order valence-electron chi connectivity index (χ3n) is 1.97. The summed E-state index contributed by atoms with van der Waals surface area (Å²) in [4.78, 5) is 4.35. The molecule has 0 radical (unpaired) electrons. The van der Waals surface area contributed by atoms with Crippen molar-refractivity contribution in [1.29, 1.82) is 0 Å². The van der Waals surface area contributed by atoms with Gasteiger partial charge in [-0.15, -0.1) is 5.10 Å². The van der Waals surface area contributed by atoms with Gasteiger partial charge < -0.3 is 10.6 Å². The minimum Gasteiger partial charge on any atom is -0.352 e. The monoisotopic (exact) mass is 269 g/mol. The van der Waals surface area contributed by atoms with Gasteiger partial charge in [0.05, 0.1) is 4.47 Å². The molecule has 80 valence electrons. The van der Waals surface area contributed by atoms with Crippen LogP contribution in [0.3, 0.4) is 0 Å². The van der Waals surface area contributed by atoms with Crippen LogP contribution < -0.4 is 10.6 Å². The highest BCUT2D eigenvalue weighted by Crippen LogP contribution is 2.16. The van der Waals surface area contributed by atoms with Gasteiger partial charge in [0.1, 0.15) is 0 Å². The molecule has 0 saturated heterocycles. The van der Waals surface area contributed by atoms with Crippen LogP contribution in [0.4, 0.5) is 5.95 Å². The van der Waals surface area contributed by atoms with E-state index in [1.54, 1.807) is 4.52 Å². The van der Waals surface area contributed by atoms with Crippen LogP contribution in [0.25, 0.3) is 5.65 Å². The van der Waals surface area contributed by atoms with Crippen LogP contribution in [0.5, 0.6) is 0 Å². The predicted octanol–water partition coefficient (Wildman–Crippen LogP) is 1.12. The van der Waals surface area contributed by atoms with Gasteiger partial charge in [-0.1, -0.05) is 0 Å². The van der Waals surface area contributed by atoms with Crippen LogP contribution in [0.2, 0.25) is 0 Å². The first-order valence-corrected chi connectivity index (χ1v) is 5.50. The molecule has 2 rings (SSSR count). The van der Waals surface area contributed by atoms with E-state index in [0.29, 0.717) is 5.95 Å². The summed E-state index contributed by atoms with van der Waals surface area (Å²) in [7, 11) is 1.91. The molecule has 2 aromatic heterocycles. The number of hydrogen-bond donors (Lipinski definition) is 2. The summed E-state index contributed by atoms with van der Waals surface area (Å²) in [6.07, 6.45) is 1.87. The van der Waals surface area contributed by atoms with Crippen molar-refractivity contribution in [1.82, 2.24) is 19.9 Å². The number of likely N-dealkylation sites (N-methyl/N-ethyl adjacent to an activating group) is 1. The van der Waals surface area contributed by atoms with Crippen molar-refractivity contribution in [3.63, 3.8) is 0 Å². The van der Waals surface area contributed by atoms with E-state index in [9.17, 15) is 0 Å². The molecule has 0 spiro atoms. The van der Waals surface area contributed by atoms with E-state index < -0.39 is 0 Å². The van der Waals surface area contributed by atoms with Gasteiger partial charge in [0.25, 0.3) is 0 Å². The summed E-state index contributed by atoms with van der Waals surface area (Å²) in [6, 6.07) is 3.87. The second-order valence-corrected chi connectivity index (χ2v) is 3.94. The summed E-state index contributed by atoms with van der Waals surface area (Å²) in [5, 5.41) is 10.5. The Labute approximate surface area is 96.0 Å². The highest BCUT2D eigenvalue weighted by Gasteiger charge is 2.04. The second-order valence-electron chi connectivity index (χ2n) is 3.09. The van der Waals surface area contributed by atoms with E-state index >= 15 is 0 Å². The molecule has 0 aromatic carbocycles. The molecule has 0 aliphatic heterocycles. The molecule has 0 aliphatic rings. The molecule has 0 unspecified atom stereocenters. The van der Waals surface area contributed by atoms with Crippen LogP contribution in [0.15, 0.2) is 22.8 Å². The highest BCUT2D eigenvalue weighted by atomic mass is 79.9. The zero-order chi connectivity index (χ0) is 10.7. The zero-order valence-electron chi connectivity index (χ0n) is 8.37. The van der Waals surface area contributed by atoms with E-state index in [1.165, 1.54) is 0 Å². The predicted molar refractivity (Wildman–Crippen MR) is 63.1 cm³/mol. The maximum Gasteiger partial charge on any atom is 0.243 e. The number of aromatic nitrogens is 3. The average molecular weight is 270 g/mol. The third-order valence-corrected chi connectivity index (χ3v) is 2.59. The number of hydrogen-bond acceptors (Lipinski definition) is 4. The van der Waals surface area contributed by atoms with E-state index in [-0.39, 0.29) is 0 Å². The van der Waals surface area contributed by atoms with Crippen LogP contribution in [0, 0.1) is 0 Å². The molecule has 2 aromatic rings. The number of anilines is 1. The summed E-state index contributed by atoms with van der Waals surface area (Å²) < 4.78 is 2.69. The Morgan fingerprint density at radius 3 is 3.07 bits per heavy atom. The first-order chi connectivity index (χ1) is 7.31. The molecule has 0 aliphatic carbocycles. The topological polar surface area (TPSA) is 54.2 Å². The number of pyridine rings is 1. The van der Waals surface area contributed by atoms with E-state index in [0.717, 1.165) is 23.2 Å². The van der Waals surface area contributed by atoms with E-state index in [1.807, 2.05) is 25.4 Å². The van der Waals surface area contributed by atoms with Crippen molar-refractivity contribution in [2.45, 2.75) is 0 Å². The first-order valence-electron chi connectivity index (χ1n) is 4.70. The molecule has 2 heterocycles. The molecule has 15 heavy (non-hydrogen) atoms. The number of nitrogens with one attached hydrogen (secondary N) is 2. The highest BCUT2D eigenvalue weighted by molar-refractivity contribution is 9.10. The molecule has 0 atom stereocenters. The zero-order valence-corrected chi connectivity index (χ0v) is 9.95. The third kappa shape index (κ3) is 2.27. The number of fused-ring (bicyclic) bond motifs is 1. The van der Waals surface area contributed by atoms with Gasteiger partial charge in [-0.3, -0.25) is 0 Å². The minimum atomic E-state index is 0.650. The van der Waals surface area contributed by atoms with Gasteiger partial charge in [0.15, 0.2) is 5.65 Å². The molecule has 6 heteroatoms. The fraction of sp³-hybridized carbons (Fsp3) is 0.333. The fourth-order valence-electron chi connectivity index (χ4n) is 1.25. The van der Waals surface area contributed by atoms with Crippen LogP contribution >= 0.6 is 15.9 Å². The second kappa shape index (κ2) is 4.59. The molecule has 5 nitrogen and oxygen atoms in total. The standard InChI is InChI=1S/C9H12BrN5/c1-11-4-5-12-9-13-8-7(10)3-2-6-15(8)14-9/h2-3,6,11H,4-5H2,1H3,(H,12,14). The lowest BCUT2D eigenvalue weighted by atomic mass is 10.5. The number of rotatable bonds is 4. The van der Waals surface area contributed by atoms with E-state index in [4.69, 9.17) is 0 Å². The fourth-order valence-corrected chi connectivity index (χ4v) is 1.67. The lowest BCUT2D eigenvalue weighted by molar-refractivity contribution is 0.816. The SMILES string of the molecule is CNCCNc1nc2c(Br)cccn2n1. The Morgan fingerprint density at radius 1 is 1.47 bits per heavy atom. The number of nitrogens with zero attached hydrogens (tertiary/aromatic N) is 3. The van der Waals surface area contributed by atoms with Crippen molar-refractivity contribution in [2.24, 2.45) is 0 Å². The normalized spacial score (nSPS) is 10.8. The van der Waals surface area contributed by atoms with Crippen LogP contribution in [-0.2, 0) is 0 Å². The van der Waals surface area contributed by atoms with E-state index in [2.05, 4.69) is 36.6 Å². The maximum absolute atomic E-state index is 4.35. The quantitative estimate of drug-likeness (QED) is 0.817. The lowest BCUT2D eigenvalue weighted by Gasteiger charge is -1.98. The Balaban J connectivity index is 2.20. The molecule has 2 N–H and O–H groups in total. The van der Waals surface area contributed by atoms with Gasteiger partial charge >= 0.3 is 0 Å². The van der Waals surface area contributed by atoms with Gasteiger partial charge in [-0.25, -0.2) is 4.52 Å². The average Bonchev–Trinajstić information content (AvgIpc) is 2.63. The molecule has 0 saturated carbocycles. The largest absolute Gasteiger partial charge is 0.352 e. The van der Waals surface area contributed by atoms with Crippen LogP contribution in [0.1, 0.15) is 0 Å². The summed E-state index contributed by atoms with van der Waals surface area (Å²) in [6.45, 7) is 1.70. The molecule has 0 amide bonds. The Hall–Kier alpha value is -1.14. The Kier molecular flexibility index (Phi) is 3.17. The Bertz CT molecular complexity index is 453. The van der Waals surface area contributed by atoms with Gasteiger partial charge in [0.2, 0.25) is 5.95 Å². The van der Waals surface area contributed by atoms with Crippen molar-refractivity contribution in [3.8, 4) is 0 Å². The maximum atomic E-state index is 4.35.